The molecule has 0 aromatic heterocycles. The van der Waals surface area contributed by atoms with Gasteiger partial charge in [0, 0.05) is 25.9 Å². The molecule has 4 heteroatoms. The molecule has 4 nitrogen and oxygen atoms in total. The van der Waals surface area contributed by atoms with Crippen molar-refractivity contribution >= 4 is 11.9 Å². The molecule has 92 valence electrons. The highest BCUT2D eigenvalue weighted by Crippen LogP contribution is 2.21. The topological polar surface area (TPSA) is 46.6 Å². The average molecular weight is 227 g/mol. The summed E-state index contributed by atoms with van der Waals surface area (Å²) in [6.07, 6.45) is 2.54. The minimum atomic E-state index is -0.482. The number of hydrogen-bond donors (Lipinski definition) is 0. The first kappa shape index (κ1) is 13.0. The molecule has 0 radical (unpaired) electrons. The van der Waals surface area contributed by atoms with Crippen LogP contribution in [0.1, 0.15) is 46.5 Å². The summed E-state index contributed by atoms with van der Waals surface area (Å²) in [6, 6.07) is 0.0103. The standard InChI is InChI=1S/C12H21NO3/c1-12(2,3)16-11(15)13(4)9-6-5-7-10(14)8-9/h9H,5-8H2,1-4H3/t9-/m1/s1. The van der Waals surface area contributed by atoms with Crippen molar-refractivity contribution in [3.05, 3.63) is 0 Å². The summed E-state index contributed by atoms with van der Waals surface area (Å²) in [5, 5.41) is 0. The van der Waals surface area contributed by atoms with Crippen molar-refractivity contribution in [1.29, 1.82) is 0 Å². The SMILES string of the molecule is CN(C(=O)OC(C)(C)C)[C@@H]1CCCC(=O)C1. The Labute approximate surface area is 96.9 Å². The predicted molar refractivity (Wildman–Crippen MR) is 61.3 cm³/mol. The van der Waals surface area contributed by atoms with Crippen molar-refractivity contribution in [2.75, 3.05) is 7.05 Å². The minimum absolute atomic E-state index is 0.0103. The van der Waals surface area contributed by atoms with E-state index < -0.39 is 5.60 Å². The molecule has 1 saturated carbocycles. The van der Waals surface area contributed by atoms with Crippen LogP contribution in [-0.2, 0) is 9.53 Å². The Hall–Kier alpha value is -1.06. The van der Waals surface area contributed by atoms with Crippen LogP contribution >= 0.6 is 0 Å². The number of carbonyl (C=O) groups is 2. The van der Waals surface area contributed by atoms with Crippen LogP contribution in [-0.4, -0.2) is 35.5 Å². The van der Waals surface area contributed by atoms with Crippen LogP contribution in [0.4, 0.5) is 4.79 Å². The van der Waals surface area contributed by atoms with E-state index in [1.165, 1.54) is 0 Å². The van der Waals surface area contributed by atoms with Gasteiger partial charge in [0.05, 0.1) is 0 Å². The number of carbonyl (C=O) groups excluding carboxylic acids is 2. The summed E-state index contributed by atoms with van der Waals surface area (Å²) in [4.78, 5) is 24.6. The van der Waals surface area contributed by atoms with Gasteiger partial charge in [0.15, 0.2) is 0 Å². The lowest BCUT2D eigenvalue weighted by atomic mass is 9.93. The Bertz CT molecular complexity index is 280. The van der Waals surface area contributed by atoms with Gasteiger partial charge in [-0.3, -0.25) is 4.79 Å². The van der Waals surface area contributed by atoms with Gasteiger partial charge in [0.2, 0.25) is 0 Å². The third kappa shape index (κ3) is 3.83. The zero-order valence-electron chi connectivity index (χ0n) is 10.6. The van der Waals surface area contributed by atoms with E-state index in [2.05, 4.69) is 0 Å². The molecule has 0 unspecified atom stereocenters. The Morgan fingerprint density at radius 1 is 1.44 bits per heavy atom. The molecule has 1 aliphatic carbocycles. The quantitative estimate of drug-likeness (QED) is 0.691. The van der Waals surface area contributed by atoms with Crippen LogP contribution < -0.4 is 0 Å². The van der Waals surface area contributed by atoms with Crippen LogP contribution in [0.2, 0.25) is 0 Å². The highest BCUT2D eigenvalue weighted by Gasteiger charge is 2.28. The van der Waals surface area contributed by atoms with Gasteiger partial charge in [0.25, 0.3) is 0 Å². The molecule has 1 aliphatic rings. The first-order valence-corrected chi connectivity index (χ1v) is 5.77. The Morgan fingerprint density at radius 3 is 2.56 bits per heavy atom. The van der Waals surface area contributed by atoms with Crippen molar-refractivity contribution in [2.24, 2.45) is 0 Å². The maximum atomic E-state index is 11.8. The molecule has 1 rings (SSSR count). The van der Waals surface area contributed by atoms with Crippen LogP contribution in [0, 0.1) is 0 Å². The van der Waals surface area contributed by atoms with Crippen molar-refractivity contribution in [3.8, 4) is 0 Å². The molecule has 0 saturated heterocycles. The molecular formula is C12H21NO3. The maximum absolute atomic E-state index is 11.8. The third-order valence-electron chi connectivity index (χ3n) is 2.69. The fourth-order valence-corrected chi connectivity index (χ4v) is 1.82. The lowest BCUT2D eigenvalue weighted by molar-refractivity contribution is -0.121. The van der Waals surface area contributed by atoms with Gasteiger partial charge in [-0.1, -0.05) is 0 Å². The number of Topliss-reactive ketones (excluding diaryl/α,β-unsaturated/α-hetero) is 1. The van der Waals surface area contributed by atoms with Crippen molar-refractivity contribution in [2.45, 2.75) is 58.1 Å². The van der Waals surface area contributed by atoms with Gasteiger partial charge >= 0.3 is 6.09 Å². The van der Waals surface area contributed by atoms with Gasteiger partial charge < -0.3 is 9.64 Å². The molecule has 1 amide bonds. The summed E-state index contributed by atoms with van der Waals surface area (Å²) in [5.74, 6) is 0.242. The Balaban J connectivity index is 2.53. The second-order valence-electron chi connectivity index (χ2n) is 5.38. The number of ketones is 1. The number of amides is 1. The molecule has 0 bridgehead atoms. The Morgan fingerprint density at radius 2 is 2.06 bits per heavy atom. The van der Waals surface area contributed by atoms with Crippen molar-refractivity contribution in [1.82, 2.24) is 4.90 Å². The summed E-state index contributed by atoms with van der Waals surface area (Å²) in [7, 11) is 1.71. The predicted octanol–water partition coefficient (Wildman–Crippen LogP) is 2.37. The Kier molecular flexibility index (Phi) is 3.94. The van der Waals surface area contributed by atoms with Crippen LogP contribution in [0.25, 0.3) is 0 Å². The first-order chi connectivity index (χ1) is 7.29. The molecule has 0 aromatic carbocycles. The molecule has 0 spiro atoms. The van der Waals surface area contributed by atoms with Gasteiger partial charge in [-0.15, -0.1) is 0 Å². The number of rotatable bonds is 1. The molecule has 0 heterocycles. The fourth-order valence-electron chi connectivity index (χ4n) is 1.82. The molecule has 0 N–H and O–H groups in total. The molecule has 1 atom stereocenters. The van der Waals surface area contributed by atoms with E-state index in [1.54, 1.807) is 11.9 Å². The molecule has 16 heavy (non-hydrogen) atoms. The molecule has 1 fully saturated rings. The largest absolute Gasteiger partial charge is 0.444 e. The third-order valence-corrected chi connectivity index (χ3v) is 2.69. The number of ether oxygens (including phenoxy) is 1. The van der Waals surface area contributed by atoms with E-state index in [0.29, 0.717) is 12.8 Å². The zero-order chi connectivity index (χ0) is 12.3. The van der Waals surface area contributed by atoms with Gasteiger partial charge in [-0.25, -0.2) is 4.79 Å². The highest BCUT2D eigenvalue weighted by molar-refractivity contribution is 5.80. The van der Waals surface area contributed by atoms with E-state index in [9.17, 15) is 9.59 Å². The van der Waals surface area contributed by atoms with Gasteiger partial charge in [-0.2, -0.15) is 0 Å². The second kappa shape index (κ2) is 4.85. The molecular weight excluding hydrogens is 206 g/mol. The van der Waals surface area contributed by atoms with Crippen LogP contribution in [0.15, 0.2) is 0 Å². The normalized spacial score (nSPS) is 21.8. The second-order valence-corrected chi connectivity index (χ2v) is 5.38. The van der Waals surface area contributed by atoms with E-state index in [1.807, 2.05) is 20.8 Å². The summed E-state index contributed by atoms with van der Waals surface area (Å²) in [6.45, 7) is 5.51. The van der Waals surface area contributed by atoms with Crippen LogP contribution in [0.3, 0.4) is 0 Å². The molecule has 0 aliphatic heterocycles. The van der Waals surface area contributed by atoms with E-state index >= 15 is 0 Å². The number of hydrogen-bond acceptors (Lipinski definition) is 3. The summed E-state index contributed by atoms with van der Waals surface area (Å²) >= 11 is 0. The highest BCUT2D eigenvalue weighted by atomic mass is 16.6. The first-order valence-electron chi connectivity index (χ1n) is 5.77. The van der Waals surface area contributed by atoms with Crippen LogP contribution in [0.5, 0.6) is 0 Å². The lowest BCUT2D eigenvalue weighted by Crippen LogP contribution is -2.43. The van der Waals surface area contributed by atoms with Crippen molar-refractivity contribution in [3.63, 3.8) is 0 Å². The van der Waals surface area contributed by atoms with Crippen molar-refractivity contribution < 1.29 is 14.3 Å². The van der Waals surface area contributed by atoms with E-state index in [4.69, 9.17) is 4.74 Å². The zero-order valence-corrected chi connectivity index (χ0v) is 10.6. The average Bonchev–Trinajstić information content (AvgIpc) is 2.14. The van der Waals surface area contributed by atoms with E-state index in [0.717, 1.165) is 12.8 Å². The fraction of sp³-hybridized carbons (Fsp3) is 0.833. The van der Waals surface area contributed by atoms with Gasteiger partial charge in [-0.05, 0) is 33.6 Å². The lowest BCUT2D eigenvalue weighted by Gasteiger charge is -2.32. The smallest absolute Gasteiger partial charge is 0.410 e. The molecule has 0 aromatic rings. The summed E-state index contributed by atoms with van der Waals surface area (Å²) in [5.41, 5.74) is -0.482. The van der Waals surface area contributed by atoms with Gasteiger partial charge in [0.1, 0.15) is 11.4 Å². The monoisotopic (exact) mass is 227 g/mol. The number of nitrogens with zero attached hydrogens (tertiary/aromatic N) is 1. The maximum Gasteiger partial charge on any atom is 0.410 e. The van der Waals surface area contributed by atoms with E-state index in [-0.39, 0.29) is 17.9 Å². The summed E-state index contributed by atoms with van der Waals surface area (Å²) < 4.78 is 5.26. The minimum Gasteiger partial charge on any atom is -0.444 e.